The Morgan fingerprint density at radius 1 is 1.02 bits per heavy atom. The molecule has 1 saturated carbocycles. The second kappa shape index (κ2) is 12.4. The zero-order chi connectivity index (χ0) is 28.1. The standard InChI is InChI=1S/C30H34N4O4S2/c1-3-34(24-11-6-5-7-12-24)40(36,37)25-17-15-23(16-18-25)29(35)33(21-22-10-9-19-31-20-22)30-32-28-26(38-4-2)13-8-14-27(28)39-30/h8-10,13-20,24H,3-7,11-12,21H2,1-2H3. The molecular formula is C30H34N4O4S2. The van der Waals surface area contributed by atoms with Crippen molar-refractivity contribution in [3.8, 4) is 5.75 Å². The Labute approximate surface area is 239 Å². The van der Waals surface area contributed by atoms with Gasteiger partial charge in [-0.3, -0.25) is 14.7 Å². The van der Waals surface area contributed by atoms with Crippen LogP contribution in [0.2, 0.25) is 0 Å². The number of ether oxygens (including phenoxy) is 1. The van der Waals surface area contributed by atoms with Crippen molar-refractivity contribution in [2.45, 2.75) is 63.4 Å². The molecule has 40 heavy (non-hydrogen) atoms. The molecule has 1 aliphatic carbocycles. The highest BCUT2D eigenvalue weighted by Gasteiger charge is 2.31. The van der Waals surface area contributed by atoms with Gasteiger partial charge in [0.15, 0.2) is 5.13 Å². The Morgan fingerprint density at radius 3 is 2.48 bits per heavy atom. The lowest BCUT2D eigenvalue weighted by Crippen LogP contribution is -2.41. The predicted molar refractivity (Wildman–Crippen MR) is 158 cm³/mol. The number of hydrogen-bond acceptors (Lipinski definition) is 7. The lowest BCUT2D eigenvalue weighted by molar-refractivity contribution is 0.0985. The van der Waals surface area contributed by atoms with Gasteiger partial charge in [-0.15, -0.1) is 0 Å². The zero-order valence-corrected chi connectivity index (χ0v) is 24.5. The molecule has 210 valence electrons. The van der Waals surface area contributed by atoms with E-state index in [1.165, 1.54) is 11.3 Å². The molecule has 1 aliphatic rings. The number of hydrogen-bond donors (Lipinski definition) is 0. The molecule has 0 bridgehead atoms. The first-order chi connectivity index (χ1) is 19.4. The summed E-state index contributed by atoms with van der Waals surface area (Å²) in [6, 6.07) is 15.8. The highest BCUT2D eigenvalue weighted by Crippen LogP contribution is 2.35. The predicted octanol–water partition coefficient (Wildman–Crippen LogP) is 6.28. The largest absolute Gasteiger partial charge is 0.492 e. The highest BCUT2D eigenvalue weighted by molar-refractivity contribution is 7.89. The number of benzene rings is 2. The number of aromatic nitrogens is 2. The monoisotopic (exact) mass is 578 g/mol. The number of para-hydroxylation sites is 1. The molecule has 2 aromatic carbocycles. The maximum atomic E-state index is 13.9. The van der Waals surface area contributed by atoms with E-state index in [0.717, 1.165) is 42.4 Å². The number of carbonyl (C=O) groups is 1. The molecule has 1 amide bonds. The van der Waals surface area contributed by atoms with Crippen molar-refractivity contribution in [3.05, 3.63) is 78.1 Å². The van der Waals surface area contributed by atoms with Gasteiger partial charge < -0.3 is 4.74 Å². The third-order valence-corrected chi connectivity index (χ3v) is 10.3. The fraction of sp³-hybridized carbons (Fsp3) is 0.367. The van der Waals surface area contributed by atoms with Gasteiger partial charge in [0.05, 0.1) is 22.7 Å². The van der Waals surface area contributed by atoms with Crippen LogP contribution >= 0.6 is 11.3 Å². The van der Waals surface area contributed by atoms with Crippen LogP contribution in [0.15, 0.2) is 71.9 Å². The first-order valence-electron chi connectivity index (χ1n) is 13.8. The first-order valence-corrected chi connectivity index (χ1v) is 16.0. The van der Waals surface area contributed by atoms with Crippen LogP contribution in [0, 0.1) is 0 Å². The zero-order valence-electron chi connectivity index (χ0n) is 22.8. The van der Waals surface area contributed by atoms with Gasteiger partial charge in [0.2, 0.25) is 10.0 Å². The fourth-order valence-corrected chi connectivity index (χ4v) is 7.93. The van der Waals surface area contributed by atoms with Crippen molar-refractivity contribution in [2.24, 2.45) is 0 Å². The van der Waals surface area contributed by atoms with Gasteiger partial charge in [0, 0.05) is 30.5 Å². The van der Waals surface area contributed by atoms with Crippen LogP contribution in [-0.4, -0.2) is 47.8 Å². The van der Waals surface area contributed by atoms with Gasteiger partial charge in [0.25, 0.3) is 5.91 Å². The van der Waals surface area contributed by atoms with Gasteiger partial charge >= 0.3 is 0 Å². The molecule has 0 spiro atoms. The summed E-state index contributed by atoms with van der Waals surface area (Å²) in [5, 5.41) is 0.530. The molecule has 5 rings (SSSR count). The number of sulfonamides is 1. The molecule has 2 heterocycles. The second-order valence-corrected chi connectivity index (χ2v) is 12.7. The maximum absolute atomic E-state index is 13.9. The minimum atomic E-state index is -3.67. The molecule has 1 fully saturated rings. The maximum Gasteiger partial charge on any atom is 0.260 e. The van der Waals surface area contributed by atoms with Crippen molar-refractivity contribution in [3.63, 3.8) is 0 Å². The van der Waals surface area contributed by atoms with Gasteiger partial charge in [-0.2, -0.15) is 4.31 Å². The Bertz CT molecular complexity index is 1550. The molecule has 0 radical (unpaired) electrons. The van der Waals surface area contributed by atoms with Crippen molar-refractivity contribution >= 4 is 42.6 Å². The van der Waals surface area contributed by atoms with Gasteiger partial charge in [-0.05, 0) is 67.8 Å². The van der Waals surface area contributed by atoms with Crippen molar-refractivity contribution < 1.29 is 17.9 Å². The van der Waals surface area contributed by atoms with E-state index in [1.54, 1.807) is 45.9 Å². The molecule has 0 saturated heterocycles. The van der Waals surface area contributed by atoms with Crippen LogP contribution in [0.1, 0.15) is 61.9 Å². The summed E-state index contributed by atoms with van der Waals surface area (Å²) in [4.78, 5) is 24.7. The Balaban J connectivity index is 1.46. The highest BCUT2D eigenvalue weighted by atomic mass is 32.2. The average Bonchev–Trinajstić information content (AvgIpc) is 3.42. The third-order valence-electron chi connectivity index (χ3n) is 7.21. The minimum Gasteiger partial charge on any atom is -0.492 e. The van der Waals surface area contributed by atoms with Crippen LogP contribution in [0.3, 0.4) is 0 Å². The number of thiazole rings is 1. The number of rotatable bonds is 10. The summed E-state index contributed by atoms with van der Waals surface area (Å²) < 4.78 is 35.4. The molecule has 4 aromatic rings. The van der Waals surface area contributed by atoms with E-state index in [-0.39, 0.29) is 23.4 Å². The van der Waals surface area contributed by atoms with Gasteiger partial charge in [-0.1, -0.05) is 49.7 Å². The van der Waals surface area contributed by atoms with Crippen molar-refractivity contribution in [2.75, 3.05) is 18.1 Å². The molecule has 0 atom stereocenters. The Morgan fingerprint density at radius 2 is 1.80 bits per heavy atom. The van der Waals surface area contributed by atoms with E-state index in [2.05, 4.69) is 4.98 Å². The van der Waals surface area contributed by atoms with Crippen LogP contribution < -0.4 is 9.64 Å². The van der Waals surface area contributed by atoms with Crippen molar-refractivity contribution in [1.82, 2.24) is 14.3 Å². The molecular weight excluding hydrogens is 544 g/mol. The van der Waals surface area contributed by atoms with Crippen molar-refractivity contribution in [1.29, 1.82) is 0 Å². The number of nitrogens with zero attached hydrogens (tertiary/aromatic N) is 4. The lowest BCUT2D eigenvalue weighted by Gasteiger charge is -2.32. The minimum absolute atomic E-state index is 0.0284. The summed E-state index contributed by atoms with van der Waals surface area (Å²) in [6.45, 7) is 5.00. The van der Waals surface area contributed by atoms with Crippen LogP contribution in [0.25, 0.3) is 10.2 Å². The summed E-state index contributed by atoms with van der Waals surface area (Å²) >= 11 is 1.41. The van der Waals surface area contributed by atoms with Crippen LogP contribution in [-0.2, 0) is 16.6 Å². The lowest BCUT2D eigenvalue weighted by atomic mass is 9.95. The fourth-order valence-electron chi connectivity index (χ4n) is 5.25. The molecule has 8 nitrogen and oxygen atoms in total. The van der Waals surface area contributed by atoms with E-state index in [9.17, 15) is 13.2 Å². The third kappa shape index (κ3) is 5.89. The number of pyridine rings is 1. The number of anilines is 1. The normalized spacial score (nSPS) is 14.5. The summed E-state index contributed by atoms with van der Waals surface area (Å²) in [5.41, 5.74) is 1.94. The number of amides is 1. The molecule has 0 N–H and O–H groups in total. The Kier molecular flexibility index (Phi) is 8.78. The topological polar surface area (TPSA) is 92.7 Å². The van der Waals surface area contributed by atoms with E-state index in [0.29, 0.717) is 35.1 Å². The number of carbonyl (C=O) groups excluding carboxylic acids is 1. The second-order valence-electron chi connectivity index (χ2n) is 9.81. The molecule has 2 aromatic heterocycles. The quantitative estimate of drug-likeness (QED) is 0.220. The SMILES string of the molecule is CCOc1cccc2sc(N(Cc3cccnc3)C(=O)c3ccc(S(=O)(=O)N(CC)C4CCCCC4)cc3)nc12. The summed E-state index contributed by atoms with van der Waals surface area (Å²) in [6.07, 6.45) is 8.44. The summed E-state index contributed by atoms with van der Waals surface area (Å²) in [7, 11) is -3.67. The number of fused-ring (bicyclic) bond motifs is 1. The summed E-state index contributed by atoms with van der Waals surface area (Å²) in [5.74, 6) is 0.397. The van der Waals surface area contributed by atoms with Gasteiger partial charge in [0.1, 0.15) is 11.3 Å². The van der Waals surface area contributed by atoms with E-state index in [1.807, 2.05) is 44.2 Å². The molecule has 10 heteroatoms. The van der Waals surface area contributed by atoms with E-state index in [4.69, 9.17) is 9.72 Å². The van der Waals surface area contributed by atoms with Crippen LogP contribution in [0.5, 0.6) is 5.75 Å². The molecule has 0 unspecified atom stereocenters. The van der Waals surface area contributed by atoms with Crippen LogP contribution in [0.4, 0.5) is 5.13 Å². The molecule has 0 aliphatic heterocycles. The van der Waals surface area contributed by atoms with E-state index >= 15 is 0 Å². The first kappa shape index (κ1) is 28.2. The smallest absolute Gasteiger partial charge is 0.260 e. The van der Waals surface area contributed by atoms with E-state index < -0.39 is 10.0 Å². The average molecular weight is 579 g/mol. The Hall–Kier alpha value is -3.34. The van der Waals surface area contributed by atoms with Gasteiger partial charge in [-0.25, -0.2) is 13.4 Å².